The SMILES string of the molecule is Fc1ccc(CN2CCCC[C@H]2c2nnc(-c3ccsc3)o2)cc1. The van der Waals surface area contributed by atoms with E-state index in [0.29, 0.717) is 11.8 Å². The topological polar surface area (TPSA) is 42.2 Å². The molecule has 0 unspecified atom stereocenters. The van der Waals surface area contributed by atoms with Gasteiger partial charge in [0.15, 0.2) is 0 Å². The van der Waals surface area contributed by atoms with Crippen molar-refractivity contribution in [1.82, 2.24) is 15.1 Å². The van der Waals surface area contributed by atoms with Gasteiger partial charge in [0.05, 0.1) is 6.04 Å². The first kappa shape index (κ1) is 15.5. The van der Waals surface area contributed by atoms with Crippen molar-refractivity contribution in [3.05, 3.63) is 58.4 Å². The second kappa shape index (κ2) is 6.83. The molecule has 0 spiro atoms. The minimum atomic E-state index is -0.203. The van der Waals surface area contributed by atoms with E-state index >= 15 is 0 Å². The number of benzene rings is 1. The molecule has 4 rings (SSSR count). The molecule has 24 heavy (non-hydrogen) atoms. The Bertz CT molecular complexity index is 785. The Hall–Kier alpha value is -2.05. The molecule has 124 valence electrons. The Morgan fingerprint density at radius 2 is 2.04 bits per heavy atom. The van der Waals surface area contributed by atoms with Crippen molar-refractivity contribution < 1.29 is 8.81 Å². The molecule has 0 saturated carbocycles. The Kier molecular flexibility index (Phi) is 4.40. The quantitative estimate of drug-likeness (QED) is 0.691. The van der Waals surface area contributed by atoms with E-state index in [2.05, 4.69) is 15.1 Å². The van der Waals surface area contributed by atoms with Crippen LogP contribution in [0.5, 0.6) is 0 Å². The van der Waals surface area contributed by atoms with Crippen LogP contribution in [0.3, 0.4) is 0 Å². The molecule has 3 heterocycles. The summed E-state index contributed by atoms with van der Waals surface area (Å²) < 4.78 is 19.0. The van der Waals surface area contributed by atoms with Gasteiger partial charge in [-0.05, 0) is 48.5 Å². The highest BCUT2D eigenvalue weighted by Gasteiger charge is 2.28. The molecule has 2 aromatic heterocycles. The van der Waals surface area contributed by atoms with Crippen LogP contribution in [0.2, 0.25) is 0 Å². The van der Waals surface area contributed by atoms with E-state index < -0.39 is 0 Å². The standard InChI is InChI=1S/C18H18FN3OS/c19-15-6-4-13(5-7-15)11-22-9-2-1-3-16(22)18-21-20-17(23-18)14-8-10-24-12-14/h4-8,10,12,16H,1-3,9,11H2/t16-/m0/s1. The highest BCUT2D eigenvalue weighted by Crippen LogP contribution is 2.33. The molecule has 0 amide bonds. The van der Waals surface area contributed by atoms with Crippen molar-refractivity contribution in [2.45, 2.75) is 31.8 Å². The number of thiophene rings is 1. The Labute approximate surface area is 143 Å². The van der Waals surface area contributed by atoms with Crippen LogP contribution >= 0.6 is 11.3 Å². The first-order valence-electron chi connectivity index (χ1n) is 8.14. The van der Waals surface area contributed by atoms with Gasteiger partial charge in [-0.2, -0.15) is 11.3 Å². The summed E-state index contributed by atoms with van der Waals surface area (Å²) in [6, 6.07) is 8.81. The van der Waals surface area contributed by atoms with E-state index in [1.54, 1.807) is 11.3 Å². The van der Waals surface area contributed by atoms with Gasteiger partial charge in [0.1, 0.15) is 5.82 Å². The van der Waals surface area contributed by atoms with E-state index in [0.717, 1.165) is 43.5 Å². The Morgan fingerprint density at radius 3 is 2.83 bits per heavy atom. The van der Waals surface area contributed by atoms with Gasteiger partial charge >= 0.3 is 0 Å². The third kappa shape index (κ3) is 3.25. The molecule has 1 fully saturated rings. The van der Waals surface area contributed by atoms with E-state index in [1.807, 2.05) is 29.0 Å². The minimum Gasteiger partial charge on any atom is -0.419 e. The average Bonchev–Trinajstić information content (AvgIpc) is 3.28. The molecular weight excluding hydrogens is 325 g/mol. The van der Waals surface area contributed by atoms with Crippen molar-refractivity contribution in [1.29, 1.82) is 0 Å². The van der Waals surface area contributed by atoms with Crippen LogP contribution in [0.1, 0.15) is 36.8 Å². The van der Waals surface area contributed by atoms with Crippen molar-refractivity contribution in [2.75, 3.05) is 6.54 Å². The third-order valence-electron chi connectivity index (χ3n) is 4.41. The summed E-state index contributed by atoms with van der Waals surface area (Å²) in [7, 11) is 0. The van der Waals surface area contributed by atoms with E-state index in [-0.39, 0.29) is 11.9 Å². The second-order valence-electron chi connectivity index (χ2n) is 6.07. The number of hydrogen-bond acceptors (Lipinski definition) is 5. The molecule has 0 N–H and O–H groups in total. The summed E-state index contributed by atoms with van der Waals surface area (Å²) in [5.41, 5.74) is 2.07. The fourth-order valence-electron chi connectivity index (χ4n) is 3.16. The summed E-state index contributed by atoms with van der Waals surface area (Å²) >= 11 is 1.61. The molecule has 1 aliphatic heterocycles. The molecule has 1 aromatic carbocycles. The van der Waals surface area contributed by atoms with Gasteiger partial charge in [0.2, 0.25) is 11.8 Å². The van der Waals surface area contributed by atoms with Gasteiger partial charge in [-0.25, -0.2) is 4.39 Å². The van der Waals surface area contributed by atoms with Crippen LogP contribution in [-0.2, 0) is 6.54 Å². The summed E-state index contributed by atoms with van der Waals surface area (Å²) in [6.07, 6.45) is 3.32. The third-order valence-corrected chi connectivity index (χ3v) is 5.09. The van der Waals surface area contributed by atoms with Gasteiger partial charge in [-0.3, -0.25) is 4.90 Å². The van der Waals surface area contributed by atoms with Crippen LogP contribution in [0.4, 0.5) is 4.39 Å². The lowest BCUT2D eigenvalue weighted by atomic mass is 10.0. The number of piperidine rings is 1. The highest BCUT2D eigenvalue weighted by atomic mass is 32.1. The second-order valence-corrected chi connectivity index (χ2v) is 6.85. The molecule has 1 saturated heterocycles. The average molecular weight is 343 g/mol. The van der Waals surface area contributed by atoms with Crippen LogP contribution in [0.25, 0.3) is 11.5 Å². The van der Waals surface area contributed by atoms with E-state index in [9.17, 15) is 4.39 Å². The molecule has 1 atom stereocenters. The van der Waals surface area contributed by atoms with E-state index in [1.165, 1.54) is 12.1 Å². The molecular formula is C18H18FN3OS. The van der Waals surface area contributed by atoms with Gasteiger partial charge in [-0.1, -0.05) is 18.6 Å². The summed E-state index contributed by atoms with van der Waals surface area (Å²) in [5.74, 6) is 1.06. The first-order valence-corrected chi connectivity index (χ1v) is 9.08. The lowest BCUT2D eigenvalue weighted by Crippen LogP contribution is -2.33. The number of halogens is 1. The molecule has 0 radical (unpaired) electrons. The summed E-state index contributed by atoms with van der Waals surface area (Å²) in [4.78, 5) is 2.35. The smallest absolute Gasteiger partial charge is 0.248 e. The molecule has 3 aromatic rings. The lowest BCUT2D eigenvalue weighted by molar-refractivity contribution is 0.118. The maximum atomic E-state index is 13.1. The Morgan fingerprint density at radius 1 is 1.17 bits per heavy atom. The normalized spacial score (nSPS) is 18.8. The zero-order valence-corrected chi connectivity index (χ0v) is 14.0. The largest absolute Gasteiger partial charge is 0.419 e. The van der Waals surface area contributed by atoms with Crippen LogP contribution in [-0.4, -0.2) is 21.6 Å². The van der Waals surface area contributed by atoms with E-state index in [4.69, 9.17) is 4.42 Å². The van der Waals surface area contributed by atoms with Crippen LogP contribution in [0.15, 0.2) is 45.5 Å². The zero-order valence-electron chi connectivity index (χ0n) is 13.2. The number of rotatable bonds is 4. The molecule has 4 nitrogen and oxygen atoms in total. The monoisotopic (exact) mass is 343 g/mol. The number of aromatic nitrogens is 2. The predicted molar refractivity (Wildman–Crippen MR) is 91.0 cm³/mol. The number of nitrogens with zero attached hydrogens (tertiary/aromatic N) is 3. The molecule has 0 aliphatic carbocycles. The van der Waals surface area contributed by atoms with Crippen LogP contribution in [0, 0.1) is 5.82 Å². The van der Waals surface area contributed by atoms with Gasteiger partial charge in [0, 0.05) is 17.5 Å². The fourth-order valence-corrected chi connectivity index (χ4v) is 3.79. The fraction of sp³-hybridized carbons (Fsp3) is 0.333. The maximum absolute atomic E-state index is 13.1. The van der Waals surface area contributed by atoms with Crippen molar-refractivity contribution in [3.8, 4) is 11.5 Å². The van der Waals surface area contributed by atoms with Crippen molar-refractivity contribution in [2.24, 2.45) is 0 Å². The van der Waals surface area contributed by atoms with Crippen molar-refractivity contribution in [3.63, 3.8) is 0 Å². The minimum absolute atomic E-state index is 0.128. The molecule has 1 aliphatic rings. The highest BCUT2D eigenvalue weighted by molar-refractivity contribution is 7.08. The predicted octanol–water partition coefficient (Wildman–Crippen LogP) is 4.66. The van der Waals surface area contributed by atoms with Gasteiger partial charge in [-0.15, -0.1) is 10.2 Å². The summed E-state index contributed by atoms with van der Waals surface area (Å²) in [6.45, 7) is 1.75. The molecule has 0 bridgehead atoms. The van der Waals surface area contributed by atoms with Crippen LogP contribution < -0.4 is 0 Å². The van der Waals surface area contributed by atoms with Crippen molar-refractivity contribution >= 4 is 11.3 Å². The number of likely N-dealkylation sites (tertiary alicyclic amines) is 1. The Balaban J connectivity index is 1.54. The lowest BCUT2D eigenvalue weighted by Gasteiger charge is -2.33. The first-order chi connectivity index (χ1) is 11.8. The summed E-state index contributed by atoms with van der Waals surface area (Å²) in [5, 5.41) is 12.5. The van der Waals surface area contributed by atoms with Gasteiger partial charge in [0.25, 0.3) is 0 Å². The number of hydrogen-bond donors (Lipinski definition) is 0. The zero-order chi connectivity index (χ0) is 16.4. The van der Waals surface area contributed by atoms with Gasteiger partial charge < -0.3 is 4.42 Å². The maximum Gasteiger partial charge on any atom is 0.248 e. The molecule has 6 heteroatoms.